The largest absolute Gasteiger partial charge is 0.544 e. The van der Waals surface area contributed by atoms with Crippen molar-refractivity contribution in [1.82, 2.24) is 0 Å². The van der Waals surface area contributed by atoms with Crippen LogP contribution in [-0.4, -0.2) is 16.6 Å². The monoisotopic (exact) mass is 298 g/mol. The van der Waals surface area contributed by atoms with E-state index >= 15 is 0 Å². The lowest BCUT2D eigenvalue weighted by molar-refractivity contribution is 0.344. The fourth-order valence-electron chi connectivity index (χ4n) is 2.07. The molecule has 0 aliphatic heterocycles. The summed E-state index contributed by atoms with van der Waals surface area (Å²) in [5.74, 6) is 2.70. The van der Waals surface area contributed by atoms with Crippen molar-refractivity contribution in [3.8, 4) is 0 Å². The normalized spacial score (nSPS) is 18.4. The summed E-state index contributed by atoms with van der Waals surface area (Å²) in [5.41, 5.74) is 1.36. The Bertz CT molecular complexity index is 384. The molecule has 0 aromatic carbocycles. The van der Waals surface area contributed by atoms with E-state index in [1.54, 1.807) is 0 Å². The smallest absolute Gasteiger partial charge is 0.242 e. The fraction of sp³-hybridized carbons (Fsp3) is 0.733. The van der Waals surface area contributed by atoms with Crippen LogP contribution >= 0.6 is 0 Å². The van der Waals surface area contributed by atoms with Gasteiger partial charge in [0.15, 0.2) is 0 Å². The second-order valence-electron chi connectivity index (χ2n) is 7.35. The van der Waals surface area contributed by atoms with Gasteiger partial charge in [0, 0.05) is 6.42 Å². The van der Waals surface area contributed by atoms with Gasteiger partial charge in [-0.1, -0.05) is 19.9 Å². The molecule has 0 amide bonds. The second kappa shape index (κ2) is 5.87. The predicted octanol–water partition coefficient (Wildman–Crippen LogP) is 5.28. The molecule has 1 atom stereocenters. The van der Waals surface area contributed by atoms with Crippen molar-refractivity contribution in [2.45, 2.75) is 66.0 Å². The quantitative estimate of drug-likeness (QED) is 0.621. The van der Waals surface area contributed by atoms with Gasteiger partial charge >= 0.3 is 0 Å². The van der Waals surface area contributed by atoms with Crippen LogP contribution in [0.4, 0.5) is 0 Å². The summed E-state index contributed by atoms with van der Waals surface area (Å²) in [6, 6.07) is 0. The molecule has 4 heteroatoms. The molecule has 0 spiro atoms. The van der Waals surface area contributed by atoms with E-state index in [1.165, 1.54) is 5.57 Å². The zero-order chi connectivity index (χ0) is 14.8. The van der Waals surface area contributed by atoms with Crippen LogP contribution in [0.3, 0.4) is 0 Å². The summed E-state index contributed by atoms with van der Waals surface area (Å²) in [6.07, 6.45) is 4.35. The van der Waals surface area contributed by atoms with Crippen molar-refractivity contribution in [3.63, 3.8) is 0 Å². The Morgan fingerprint density at radius 3 is 2.00 bits per heavy atom. The van der Waals surface area contributed by atoms with Gasteiger partial charge in [0.2, 0.25) is 16.6 Å². The summed E-state index contributed by atoms with van der Waals surface area (Å²) in [5, 5.41) is 0. The Balaban J connectivity index is 3.04. The minimum atomic E-state index is -1.60. The third kappa shape index (κ3) is 5.18. The average Bonchev–Trinajstić information content (AvgIpc) is 2.56. The lowest BCUT2D eigenvalue weighted by Gasteiger charge is -2.27. The van der Waals surface area contributed by atoms with Gasteiger partial charge in [-0.05, 0) is 57.2 Å². The molecular formula is C15H30O2Si2. The summed E-state index contributed by atoms with van der Waals surface area (Å²) < 4.78 is 12.6. The van der Waals surface area contributed by atoms with Crippen LogP contribution < -0.4 is 0 Å². The van der Waals surface area contributed by atoms with Gasteiger partial charge in [-0.3, -0.25) is 0 Å². The van der Waals surface area contributed by atoms with Crippen LogP contribution in [0, 0.1) is 5.92 Å². The van der Waals surface area contributed by atoms with E-state index in [-0.39, 0.29) is 0 Å². The molecule has 0 aromatic heterocycles. The first kappa shape index (κ1) is 16.6. The van der Waals surface area contributed by atoms with E-state index in [1.807, 2.05) is 0 Å². The first-order chi connectivity index (χ1) is 8.53. The molecule has 1 rings (SSSR count). The summed E-state index contributed by atoms with van der Waals surface area (Å²) in [7, 11) is -3.17. The topological polar surface area (TPSA) is 18.5 Å². The lowest BCUT2D eigenvalue weighted by atomic mass is 9.99. The van der Waals surface area contributed by atoms with Gasteiger partial charge < -0.3 is 8.85 Å². The van der Waals surface area contributed by atoms with Crippen molar-refractivity contribution in [3.05, 3.63) is 23.2 Å². The summed E-state index contributed by atoms with van der Waals surface area (Å²) >= 11 is 0. The number of rotatable bonds is 6. The zero-order valence-electron chi connectivity index (χ0n) is 13.9. The first-order valence-electron chi connectivity index (χ1n) is 7.35. The standard InChI is InChI=1S/C15H30O2Si2/c1-9-12(2)13-10-11-14(16-18(3,4)5)15(13)17-19(6,7)8/h10,12H,9,11H2,1-8H3. The average molecular weight is 299 g/mol. The van der Waals surface area contributed by atoms with Crippen LogP contribution in [0.25, 0.3) is 0 Å². The molecule has 0 heterocycles. The molecule has 0 saturated carbocycles. The maximum atomic E-state index is 6.34. The molecule has 0 bridgehead atoms. The minimum Gasteiger partial charge on any atom is -0.544 e. The second-order valence-corrected chi connectivity index (χ2v) is 16.2. The molecule has 0 aromatic rings. The zero-order valence-corrected chi connectivity index (χ0v) is 15.9. The minimum absolute atomic E-state index is 0.550. The van der Waals surface area contributed by atoms with Gasteiger partial charge in [-0.15, -0.1) is 0 Å². The molecule has 0 fully saturated rings. The van der Waals surface area contributed by atoms with Crippen LogP contribution in [0.15, 0.2) is 23.2 Å². The Labute approximate surface area is 121 Å². The van der Waals surface area contributed by atoms with Crippen molar-refractivity contribution < 1.29 is 8.85 Å². The fourth-order valence-corrected chi connectivity index (χ4v) is 3.83. The van der Waals surface area contributed by atoms with Crippen LogP contribution in [0.1, 0.15) is 26.7 Å². The van der Waals surface area contributed by atoms with Gasteiger partial charge in [-0.25, -0.2) is 0 Å². The molecule has 110 valence electrons. The lowest BCUT2D eigenvalue weighted by Crippen LogP contribution is -2.29. The molecule has 1 aliphatic rings. The Hall–Kier alpha value is -0.486. The van der Waals surface area contributed by atoms with Gasteiger partial charge in [0.05, 0.1) is 0 Å². The summed E-state index contributed by atoms with van der Waals surface area (Å²) in [6.45, 7) is 17.9. The van der Waals surface area contributed by atoms with Gasteiger partial charge in [-0.2, -0.15) is 0 Å². The molecular weight excluding hydrogens is 268 g/mol. The molecule has 0 radical (unpaired) electrons. The molecule has 19 heavy (non-hydrogen) atoms. The Morgan fingerprint density at radius 1 is 1.05 bits per heavy atom. The Kier molecular flexibility index (Phi) is 5.12. The SMILES string of the molecule is CCC(C)C1=CCC(O[Si](C)(C)C)=C1O[Si](C)(C)C. The van der Waals surface area contributed by atoms with E-state index in [9.17, 15) is 0 Å². The van der Waals surface area contributed by atoms with Gasteiger partial charge in [0.25, 0.3) is 0 Å². The molecule has 2 nitrogen and oxygen atoms in total. The van der Waals surface area contributed by atoms with E-state index in [0.29, 0.717) is 5.92 Å². The van der Waals surface area contributed by atoms with Crippen molar-refractivity contribution in [1.29, 1.82) is 0 Å². The van der Waals surface area contributed by atoms with Crippen LogP contribution in [0.5, 0.6) is 0 Å². The van der Waals surface area contributed by atoms with E-state index in [2.05, 4.69) is 59.2 Å². The van der Waals surface area contributed by atoms with Crippen LogP contribution in [-0.2, 0) is 8.85 Å². The molecule has 1 unspecified atom stereocenters. The third-order valence-corrected chi connectivity index (χ3v) is 4.68. The van der Waals surface area contributed by atoms with E-state index in [4.69, 9.17) is 8.85 Å². The van der Waals surface area contributed by atoms with E-state index in [0.717, 1.165) is 24.4 Å². The van der Waals surface area contributed by atoms with Crippen molar-refractivity contribution in [2.75, 3.05) is 0 Å². The third-order valence-electron chi connectivity index (χ3n) is 3.00. The molecule has 1 aliphatic carbocycles. The summed E-state index contributed by atoms with van der Waals surface area (Å²) in [4.78, 5) is 0. The first-order valence-corrected chi connectivity index (χ1v) is 14.2. The highest BCUT2D eigenvalue weighted by atomic mass is 28.4. The number of allylic oxidation sites excluding steroid dienone is 2. The van der Waals surface area contributed by atoms with Crippen molar-refractivity contribution in [2.24, 2.45) is 5.92 Å². The molecule has 0 saturated heterocycles. The maximum absolute atomic E-state index is 6.34. The highest BCUT2D eigenvalue weighted by Crippen LogP contribution is 2.37. The number of hydrogen-bond donors (Lipinski definition) is 0. The van der Waals surface area contributed by atoms with Crippen molar-refractivity contribution >= 4 is 16.6 Å². The van der Waals surface area contributed by atoms with E-state index < -0.39 is 16.6 Å². The highest BCUT2D eigenvalue weighted by molar-refractivity contribution is 6.70. The maximum Gasteiger partial charge on any atom is 0.242 e. The molecule has 0 N–H and O–H groups in total. The number of hydrogen-bond acceptors (Lipinski definition) is 2. The highest BCUT2D eigenvalue weighted by Gasteiger charge is 2.31. The van der Waals surface area contributed by atoms with Gasteiger partial charge in [0.1, 0.15) is 11.5 Å². The predicted molar refractivity (Wildman–Crippen MR) is 88.0 cm³/mol. The Morgan fingerprint density at radius 2 is 1.58 bits per heavy atom. The van der Waals surface area contributed by atoms with Crippen LogP contribution in [0.2, 0.25) is 39.3 Å².